The van der Waals surface area contributed by atoms with Crippen LogP contribution in [0.5, 0.6) is 0 Å². The van der Waals surface area contributed by atoms with Crippen molar-refractivity contribution in [1.29, 1.82) is 0 Å². The van der Waals surface area contributed by atoms with Gasteiger partial charge in [0.15, 0.2) is 0 Å². The van der Waals surface area contributed by atoms with E-state index in [2.05, 4.69) is 0 Å². The van der Waals surface area contributed by atoms with E-state index >= 15 is 0 Å². The zero-order valence-corrected chi connectivity index (χ0v) is 11.4. The van der Waals surface area contributed by atoms with E-state index in [1.54, 1.807) is 0 Å². The van der Waals surface area contributed by atoms with E-state index in [0.29, 0.717) is 4.31 Å². The first-order chi connectivity index (χ1) is 8.94. The molecule has 0 atom stereocenters. The number of hydrogen-bond acceptors (Lipinski definition) is 4. The third kappa shape index (κ3) is 8.69. The fraction of sp³-hybridized carbons (Fsp3) is 0.778. The minimum absolute atomic E-state index is 0.147. The Bertz CT molecular complexity index is 449. The molecule has 0 aromatic heterocycles. The molecule has 0 aromatic rings. The quantitative estimate of drug-likeness (QED) is 0.644. The molecule has 0 radical (unpaired) electrons. The van der Waals surface area contributed by atoms with Crippen molar-refractivity contribution in [3.63, 3.8) is 0 Å². The first kappa shape index (κ1) is 18.6. The third-order valence-electron chi connectivity index (χ3n) is 2.12. The van der Waals surface area contributed by atoms with Crippen molar-refractivity contribution in [2.45, 2.75) is 19.0 Å². The summed E-state index contributed by atoms with van der Waals surface area (Å²) in [5, 5.41) is 9.90. The molecule has 0 heterocycles. The van der Waals surface area contributed by atoms with Gasteiger partial charge in [-0.3, -0.25) is 9.59 Å². The van der Waals surface area contributed by atoms with E-state index in [4.69, 9.17) is 5.11 Å². The van der Waals surface area contributed by atoms with Crippen LogP contribution in [-0.4, -0.2) is 61.8 Å². The van der Waals surface area contributed by atoms with Crippen molar-refractivity contribution in [3.05, 3.63) is 0 Å². The molecule has 0 aliphatic heterocycles. The smallest absolute Gasteiger partial charge is 0.405 e. The second kappa shape index (κ2) is 7.43. The van der Waals surface area contributed by atoms with Gasteiger partial charge < -0.3 is 10.4 Å². The highest BCUT2D eigenvalue weighted by molar-refractivity contribution is 7.89. The van der Waals surface area contributed by atoms with Crippen LogP contribution in [0.2, 0.25) is 0 Å². The van der Waals surface area contributed by atoms with Gasteiger partial charge in [0.25, 0.3) is 0 Å². The number of alkyl halides is 3. The minimum atomic E-state index is -4.57. The summed E-state index contributed by atoms with van der Waals surface area (Å²) < 4.78 is 59.2. The topological polar surface area (TPSA) is 104 Å². The van der Waals surface area contributed by atoms with Gasteiger partial charge in [-0.1, -0.05) is 0 Å². The van der Waals surface area contributed by atoms with Gasteiger partial charge in [0.1, 0.15) is 6.54 Å². The molecule has 11 heteroatoms. The summed E-state index contributed by atoms with van der Waals surface area (Å²) in [6.45, 7) is -2.30. The first-order valence-electron chi connectivity index (χ1n) is 5.43. The number of amides is 1. The Morgan fingerprint density at radius 2 is 1.85 bits per heavy atom. The number of halogens is 3. The molecule has 0 aliphatic rings. The SMILES string of the molecule is CN(CC(=O)NCC(F)(F)F)S(=O)(=O)CCCC(=O)O. The number of aliphatic carboxylic acids is 1. The maximum atomic E-state index is 11.8. The number of likely N-dealkylation sites (N-methyl/N-ethyl adjacent to an activating group) is 1. The molecule has 0 spiro atoms. The highest BCUT2D eigenvalue weighted by Crippen LogP contribution is 2.12. The van der Waals surface area contributed by atoms with Crippen LogP contribution < -0.4 is 5.32 Å². The zero-order valence-electron chi connectivity index (χ0n) is 10.6. The van der Waals surface area contributed by atoms with E-state index in [0.717, 1.165) is 7.05 Å². The van der Waals surface area contributed by atoms with Crippen molar-refractivity contribution in [1.82, 2.24) is 9.62 Å². The zero-order chi connectivity index (χ0) is 16.0. The maximum Gasteiger partial charge on any atom is 0.405 e. The summed E-state index contributed by atoms with van der Waals surface area (Å²) in [5.41, 5.74) is 0. The molecular weight excluding hydrogens is 305 g/mol. The Labute approximate surface area is 113 Å². The highest BCUT2D eigenvalue weighted by atomic mass is 32.2. The van der Waals surface area contributed by atoms with Crippen LogP contribution in [0.4, 0.5) is 13.2 Å². The number of carboxylic acids is 1. The summed E-state index contributed by atoms with van der Waals surface area (Å²) >= 11 is 0. The monoisotopic (exact) mass is 320 g/mol. The minimum Gasteiger partial charge on any atom is -0.481 e. The predicted molar refractivity (Wildman–Crippen MR) is 62.4 cm³/mol. The molecule has 1 amide bonds. The van der Waals surface area contributed by atoms with Gasteiger partial charge in [0.2, 0.25) is 15.9 Å². The number of sulfonamides is 1. The van der Waals surface area contributed by atoms with Crippen molar-refractivity contribution in [2.24, 2.45) is 0 Å². The highest BCUT2D eigenvalue weighted by Gasteiger charge is 2.28. The van der Waals surface area contributed by atoms with Crippen molar-refractivity contribution in [2.75, 3.05) is 25.9 Å². The van der Waals surface area contributed by atoms with Crippen molar-refractivity contribution >= 4 is 21.9 Å². The number of nitrogens with zero attached hydrogens (tertiary/aromatic N) is 1. The molecule has 0 saturated heterocycles. The van der Waals surface area contributed by atoms with Crippen LogP contribution in [0.3, 0.4) is 0 Å². The Kier molecular flexibility index (Phi) is 6.92. The molecule has 0 aliphatic carbocycles. The molecule has 0 bridgehead atoms. The number of nitrogens with one attached hydrogen (secondary N) is 1. The van der Waals surface area contributed by atoms with Crippen LogP contribution >= 0.6 is 0 Å². The van der Waals surface area contributed by atoms with Crippen molar-refractivity contribution in [3.8, 4) is 0 Å². The van der Waals surface area contributed by atoms with Crippen LogP contribution in [0, 0.1) is 0 Å². The average molecular weight is 320 g/mol. The lowest BCUT2D eigenvalue weighted by Crippen LogP contribution is -2.42. The van der Waals surface area contributed by atoms with E-state index in [9.17, 15) is 31.2 Å². The van der Waals surface area contributed by atoms with Crippen LogP contribution in [-0.2, 0) is 19.6 Å². The second-order valence-corrected chi connectivity index (χ2v) is 6.16. The molecule has 0 fully saturated rings. The standard InChI is InChI=1S/C9H15F3N2O5S/c1-14(5-7(15)13-6-9(10,11)12)20(18,19)4-2-3-8(16)17/h2-6H2,1H3,(H,13,15)(H,16,17). The number of carbonyl (C=O) groups is 2. The molecule has 0 rings (SSSR count). The molecular formula is C9H15F3N2O5S. The van der Waals surface area contributed by atoms with Crippen molar-refractivity contribution < 1.29 is 36.3 Å². The summed E-state index contributed by atoms with van der Waals surface area (Å²) in [4.78, 5) is 21.4. The van der Waals surface area contributed by atoms with E-state index < -0.39 is 46.9 Å². The summed E-state index contributed by atoms with van der Waals surface area (Å²) in [5.74, 6) is -2.75. The van der Waals surface area contributed by atoms with Gasteiger partial charge in [-0.2, -0.15) is 17.5 Å². The summed E-state index contributed by atoms with van der Waals surface area (Å²) in [7, 11) is -2.85. The summed E-state index contributed by atoms with van der Waals surface area (Å²) in [6.07, 6.45) is -5.08. The first-order valence-corrected chi connectivity index (χ1v) is 7.04. The van der Waals surface area contributed by atoms with E-state index in [1.165, 1.54) is 5.32 Å². The van der Waals surface area contributed by atoms with Gasteiger partial charge in [-0.25, -0.2) is 8.42 Å². The van der Waals surface area contributed by atoms with Crippen LogP contribution in [0.15, 0.2) is 0 Å². The maximum absolute atomic E-state index is 11.8. The molecule has 0 unspecified atom stereocenters. The van der Waals surface area contributed by atoms with Gasteiger partial charge >= 0.3 is 12.1 Å². The number of hydrogen-bond donors (Lipinski definition) is 2. The fourth-order valence-electron chi connectivity index (χ4n) is 1.12. The molecule has 0 saturated carbocycles. The van der Waals surface area contributed by atoms with E-state index in [1.807, 2.05) is 0 Å². The fourth-order valence-corrected chi connectivity index (χ4v) is 2.25. The van der Waals surface area contributed by atoms with Crippen LogP contribution in [0.1, 0.15) is 12.8 Å². The Hall–Kier alpha value is -1.36. The molecule has 20 heavy (non-hydrogen) atoms. The van der Waals surface area contributed by atoms with Gasteiger partial charge in [0, 0.05) is 13.5 Å². The molecule has 0 aromatic carbocycles. The average Bonchev–Trinajstić information content (AvgIpc) is 2.24. The lowest BCUT2D eigenvalue weighted by atomic mass is 10.3. The normalized spacial score (nSPS) is 12.4. The largest absolute Gasteiger partial charge is 0.481 e. The Balaban J connectivity index is 4.26. The Morgan fingerprint density at radius 1 is 1.30 bits per heavy atom. The van der Waals surface area contributed by atoms with Gasteiger partial charge in [0.05, 0.1) is 12.3 Å². The predicted octanol–water partition coefficient (Wildman–Crippen LogP) is -0.209. The van der Waals surface area contributed by atoms with Gasteiger partial charge in [-0.15, -0.1) is 0 Å². The number of carboxylic acid groups (broad SMARTS) is 1. The lowest BCUT2D eigenvalue weighted by Gasteiger charge is -2.17. The number of rotatable bonds is 8. The lowest BCUT2D eigenvalue weighted by molar-refractivity contribution is -0.138. The molecule has 2 N–H and O–H groups in total. The molecule has 118 valence electrons. The number of carbonyl (C=O) groups excluding carboxylic acids is 1. The second-order valence-electron chi connectivity index (χ2n) is 3.96. The van der Waals surface area contributed by atoms with Gasteiger partial charge in [-0.05, 0) is 6.42 Å². The molecule has 7 nitrogen and oxygen atoms in total. The van der Waals surface area contributed by atoms with E-state index in [-0.39, 0.29) is 12.8 Å². The summed E-state index contributed by atoms with van der Waals surface area (Å²) in [6, 6.07) is 0. The third-order valence-corrected chi connectivity index (χ3v) is 4.00. The van der Waals surface area contributed by atoms with Crippen LogP contribution in [0.25, 0.3) is 0 Å². The Morgan fingerprint density at radius 3 is 2.30 bits per heavy atom.